The van der Waals surface area contributed by atoms with Crippen LogP contribution in [-0.2, 0) is 20.2 Å². The van der Waals surface area contributed by atoms with Gasteiger partial charge in [-0.15, -0.1) is 0 Å². The van der Waals surface area contributed by atoms with E-state index in [2.05, 4.69) is 25.8 Å². The molecular formula is C36H36N6O8S2. The highest BCUT2D eigenvalue weighted by atomic mass is 32.2. The molecule has 14 nitrogen and oxygen atoms in total. The molecule has 0 saturated carbocycles. The number of azo groups is 2. The first kappa shape index (κ1) is 37.7. The lowest BCUT2D eigenvalue weighted by atomic mass is 10.1. The fraction of sp³-hybridized carbons (Fsp3) is 0.194. The van der Waals surface area contributed by atoms with Crippen LogP contribution in [0.15, 0.2) is 104 Å². The number of amides is 1. The normalized spacial score (nSPS) is 12.2. The molecule has 0 aromatic heterocycles. The van der Waals surface area contributed by atoms with Crippen molar-refractivity contribution in [3.8, 4) is 5.75 Å². The molecule has 16 heteroatoms. The average molecular weight is 745 g/mol. The number of anilines is 2. The number of benzene rings is 5. The molecule has 0 atom stereocenters. The minimum atomic E-state index is -4.63. The number of carbonyl (C=O) groups is 1. The number of hydrogen-bond acceptors (Lipinski definition) is 11. The molecule has 0 radical (unpaired) electrons. The van der Waals surface area contributed by atoms with E-state index in [1.807, 2.05) is 52.0 Å². The highest BCUT2D eigenvalue weighted by molar-refractivity contribution is 7.86. The van der Waals surface area contributed by atoms with E-state index >= 15 is 0 Å². The number of rotatable bonds is 12. The van der Waals surface area contributed by atoms with Gasteiger partial charge < -0.3 is 15.8 Å². The van der Waals surface area contributed by atoms with E-state index in [9.17, 15) is 26.2 Å². The Kier molecular flexibility index (Phi) is 11.1. The summed E-state index contributed by atoms with van der Waals surface area (Å²) >= 11 is 0. The molecule has 0 saturated heterocycles. The number of nitrogen functional groups attached to an aromatic ring is 1. The number of aryl methyl sites for hydroxylation is 4. The van der Waals surface area contributed by atoms with Crippen LogP contribution in [0.1, 0.15) is 39.0 Å². The van der Waals surface area contributed by atoms with Crippen LogP contribution in [0.5, 0.6) is 5.75 Å². The van der Waals surface area contributed by atoms with Crippen LogP contribution in [0.25, 0.3) is 10.8 Å². The molecule has 52 heavy (non-hydrogen) atoms. The van der Waals surface area contributed by atoms with Gasteiger partial charge in [0.05, 0.1) is 40.0 Å². The first-order valence-electron chi connectivity index (χ1n) is 15.8. The molecule has 0 heterocycles. The monoisotopic (exact) mass is 744 g/mol. The largest absolute Gasteiger partial charge is 0.493 e. The highest BCUT2D eigenvalue weighted by Gasteiger charge is 2.16. The average Bonchev–Trinajstić information content (AvgIpc) is 3.07. The van der Waals surface area contributed by atoms with Crippen LogP contribution < -0.4 is 15.8 Å². The molecular weight excluding hydrogens is 709 g/mol. The number of nitrogens with zero attached hydrogens (tertiary/aromatic N) is 4. The van der Waals surface area contributed by atoms with E-state index in [-0.39, 0.29) is 18.8 Å². The standard InChI is InChI=1S/C36H36N6O8S2/c1-21-15-32(22(2)14-31(21)37)41-42-34-17-23(3)33(16-24(34)4)40-39-27-8-6-25(7-9-27)36(43)38-28-10-11-30-26(18-28)19-29(52(47,48)49)20-35(30)50-12-5-13-51(44,45)46/h6-11,14-20H,5,12-13,37H2,1-4H3,(H,38,43)(H,44,45,46)(H,47,48,49). The Labute approximate surface area is 301 Å². The van der Waals surface area contributed by atoms with E-state index in [0.29, 0.717) is 44.8 Å². The molecule has 0 fully saturated rings. The SMILES string of the molecule is Cc1cc(N=Nc2cc(C)c(N=Nc3ccc(C(=O)Nc4ccc5c(OCCCS(=O)(=O)O)cc(S(=O)(=O)O)cc5c4)cc3)cc2C)c(C)cc1N. The molecule has 0 bridgehead atoms. The summed E-state index contributed by atoms with van der Waals surface area (Å²) in [5, 5.41) is 21.1. The van der Waals surface area contributed by atoms with E-state index in [1.54, 1.807) is 36.4 Å². The first-order chi connectivity index (χ1) is 24.5. The van der Waals surface area contributed by atoms with Gasteiger partial charge in [-0.2, -0.15) is 37.3 Å². The molecule has 0 spiro atoms. The minimum Gasteiger partial charge on any atom is -0.493 e. The van der Waals surface area contributed by atoms with E-state index in [1.165, 1.54) is 12.1 Å². The summed E-state index contributed by atoms with van der Waals surface area (Å²) < 4.78 is 70.0. The van der Waals surface area contributed by atoms with Gasteiger partial charge in [0.1, 0.15) is 5.75 Å². The third kappa shape index (κ3) is 9.61. The summed E-state index contributed by atoms with van der Waals surface area (Å²) in [4.78, 5) is 12.6. The van der Waals surface area contributed by atoms with Crippen molar-refractivity contribution in [3.05, 3.63) is 107 Å². The molecule has 0 aliphatic heterocycles. The van der Waals surface area contributed by atoms with Crippen molar-refractivity contribution in [3.63, 3.8) is 0 Å². The lowest BCUT2D eigenvalue weighted by Crippen LogP contribution is -2.11. The third-order valence-electron chi connectivity index (χ3n) is 8.02. The topological polar surface area (TPSA) is 223 Å². The molecule has 0 unspecified atom stereocenters. The van der Waals surface area contributed by atoms with Gasteiger partial charge in [0.15, 0.2) is 0 Å². The van der Waals surface area contributed by atoms with Crippen molar-refractivity contribution in [1.29, 1.82) is 0 Å². The summed E-state index contributed by atoms with van der Waals surface area (Å²) in [6.07, 6.45) is -0.0588. The predicted octanol–water partition coefficient (Wildman–Crippen LogP) is 8.64. The second-order valence-corrected chi connectivity index (χ2v) is 15.1. The van der Waals surface area contributed by atoms with Gasteiger partial charge in [0.25, 0.3) is 26.1 Å². The van der Waals surface area contributed by atoms with Crippen molar-refractivity contribution in [1.82, 2.24) is 0 Å². The van der Waals surface area contributed by atoms with Gasteiger partial charge >= 0.3 is 0 Å². The van der Waals surface area contributed by atoms with Crippen molar-refractivity contribution < 1.29 is 35.5 Å². The lowest BCUT2D eigenvalue weighted by molar-refractivity contribution is 0.102. The van der Waals surface area contributed by atoms with Crippen LogP contribution in [0, 0.1) is 27.7 Å². The van der Waals surface area contributed by atoms with Crippen LogP contribution in [-0.4, -0.2) is 44.2 Å². The van der Waals surface area contributed by atoms with E-state index in [4.69, 9.17) is 15.0 Å². The Hall–Kier alpha value is -5.55. The van der Waals surface area contributed by atoms with Crippen LogP contribution in [0.2, 0.25) is 0 Å². The quantitative estimate of drug-likeness (QED) is 0.0415. The second kappa shape index (κ2) is 15.4. The first-order valence-corrected chi connectivity index (χ1v) is 18.9. The zero-order valence-corrected chi connectivity index (χ0v) is 30.3. The maximum absolute atomic E-state index is 13.1. The third-order valence-corrected chi connectivity index (χ3v) is 9.65. The van der Waals surface area contributed by atoms with Crippen molar-refractivity contribution in [2.75, 3.05) is 23.4 Å². The molecule has 5 aromatic carbocycles. The van der Waals surface area contributed by atoms with Gasteiger partial charge in [0, 0.05) is 28.4 Å². The molecule has 5 N–H and O–H groups in total. The number of carbonyl (C=O) groups excluding carboxylic acids is 1. The Balaban J connectivity index is 1.27. The molecule has 0 aliphatic carbocycles. The summed E-state index contributed by atoms with van der Waals surface area (Å²) in [6.45, 7) is 7.51. The zero-order valence-electron chi connectivity index (χ0n) is 28.7. The fourth-order valence-corrected chi connectivity index (χ4v) is 6.13. The fourth-order valence-electron chi connectivity index (χ4n) is 5.11. The zero-order chi connectivity index (χ0) is 37.8. The van der Waals surface area contributed by atoms with Gasteiger partial charge in [-0.1, -0.05) is 0 Å². The highest BCUT2D eigenvalue weighted by Crippen LogP contribution is 2.34. The molecule has 5 aromatic rings. The maximum Gasteiger partial charge on any atom is 0.294 e. The smallest absolute Gasteiger partial charge is 0.294 e. The number of fused-ring (bicyclic) bond motifs is 1. The molecule has 0 aliphatic rings. The van der Waals surface area contributed by atoms with Gasteiger partial charge in [-0.25, -0.2) is 0 Å². The van der Waals surface area contributed by atoms with Crippen molar-refractivity contribution in [2.24, 2.45) is 20.5 Å². The van der Waals surface area contributed by atoms with Gasteiger partial charge in [0.2, 0.25) is 0 Å². The summed E-state index contributed by atoms with van der Waals surface area (Å²) in [7, 11) is -8.83. The van der Waals surface area contributed by atoms with Crippen molar-refractivity contribution in [2.45, 2.75) is 39.0 Å². The predicted molar refractivity (Wildman–Crippen MR) is 199 cm³/mol. The van der Waals surface area contributed by atoms with Gasteiger partial charge in [-0.05, 0) is 135 Å². The molecule has 270 valence electrons. The minimum absolute atomic E-state index is 0.0588. The number of hydrogen-bond donors (Lipinski definition) is 4. The molecule has 5 rings (SSSR count). The van der Waals surface area contributed by atoms with Crippen LogP contribution in [0.3, 0.4) is 0 Å². The Bertz CT molecular complexity index is 2470. The van der Waals surface area contributed by atoms with Crippen LogP contribution in [0.4, 0.5) is 34.1 Å². The van der Waals surface area contributed by atoms with E-state index in [0.717, 1.165) is 34.0 Å². The van der Waals surface area contributed by atoms with Crippen molar-refractivity contribution >= 4 is 71.0 Å². The van der Waals surface area contributed by atoms with Crippen LogP contribution >= 0.6 is 0 Å². The number of nitrogens with two attached hydrogens (primary N) is 1. The maximum atomic E-state index is 13.1. The van der Waals surface area contributed by atoms with Gasteiger partial charge in [-0.3, -0.25) is 13.9 Å². The number of ether oxygens (including phenoxy) is 1. The summed E-state index contributed by atoms with van der Waals surface area (Å²) in [5.74, 6) is -0.929. The Morgan fingerprint density at radius 1 is 0.731 bits per heavy atom. The summed E-state index contributed by atoms with van der Waals surface area (Å²) in [5.41, 5.74) is 13.5. The summed E-state index contributed by atoms with van der Waals surface area (Å²) in [6, 6.07) is 21.0. The Morgan fingerprint density at radius 2 is 1.31 bits per heavy atom. The lowest BCUT2D eigenvalue weighted by Gasteiger charge is -2.13. The molecule has 1 amide bonds. The number of nitrogens with one attached hydrogen (secondary N) is 1. The Morgan fingerprint density at radius 3 is 1.90 bits per heavy atom. The second-order valence-electron chi connectivity index (χ2n) is 12.1. The van der Waals surface area contributed by atoms with E-state index < -0.39 is 36.8 Å².